The van der Waals surface area contributed by atoms with E-state index in [4.69, 9.17) is 10.8 Å². The number of hydrogen-bond donors (Lipinski definition) is 2. The second kappa shape index (κ2) is 4.77. The normalized spacial score (nSPS) is 17.8. The molecule has 1 aliphatic carbocycles. The van der Waals surface area contributed by atoms with Crippen molar-refractivity contribution in [3.05, 3.63) is 23.9 Å². The summed E-state index contributed by atoms with van der Waals surface area (Å²) in [5, 5.41) is 15.9. The van der Waals surface area contributed by atoms with Gasteiger partial charge in [0.05, 0.1) is 17.2 Å². The summed E-state index contributed by atoms with van der Waals surface area (Å²) in [4.78, 5) is 0. The first-order chi connectivity index (χ1) is 9.45. The topological polar surface area (TPSA) is 64.1 Å². The number of fused-ring (bicyclic) bond motifs is 1. The molecule has 3 N–H and O–H groups in total. The molecule has 108 valence electrons. The number of rotatable bonds is 2. The maximum atomic E-state index is 10.2. The van der Waals surface area contributed by atoms with E-state index >= 15 is 0 Å². The summed E-state index contributed by atoms with van der Waals surface area (Å²) in [6.45, 7) is 3.51. The average molecular weight is 273 g/mol. The van der Waals surface area contributed by atoms with Crippen molar-refractivity contribution < 1.29 is 5.11 Å². The third-order valence-electron chi connectivity index (χ3n) is 4.30. The second-order valence-corrected chi connectivity index (χ2v) is 6.46. The van der Waals surface area contributed by atoms with Gasteiger partial charge >= 0.3 is 0 Å². The SMILES string of the molecule is CC(C)(O)c1cc2nn(C3CCCCC3)cc2cc1N. The maximum absolute atomic E-state index is 10.2. The van der Waals surface area contributed by atoms with Crippen molar-refractivity contribution >= 4 is 16.6 Å². The van der Waals surface area contributed by atoms with Crippen LogP contribution in [0.2, 0.25) is 0 Å². The fourth-order valence-electron chi connectivity index (χ4n) is 3.17. The molecule has 0 spiro atoms. The zero-order valence-electron chi connectivity index (χ0n) is 12.3. The largest absolute Gasteiger partial charge is 0.398 e. The van der Waals surface area contributed by atoms with Gasteiger partial charge in [0.2, 0.25) is 0 Å². The molecule has 20 heavy (non-hydrogen) atoms. The van der Waals surface area contributed by atoms with Gasteiger partial charge in [-0.15, -0.1) is 0 Å². The molecule has 0 bridgehead atoms. The molecular formula is C16H23N3O. The zero-order valence-corrected chi connectivity index (χ0v) is 12.3. The number of anilines is 1. The summed E-state index contributed by atoms with van der Waals surface area (Å²) >= 11 is 0. The number of benzene rings is 1. The third-order valence-corrected chi connectivity index (χ3v) is 4.30. The van der Waals surface area contributed by atoms with Crippen LogP contribution in [0.1, 0.15) is 57.6 Å². The van der Waals surface area contributed by atoms with Gasteiger partial charge in [-0.2, -0.15) is 5.10 Å². The number of nitrogens with two attached hydrogens (primary N) is 1. The lowest BCUT2D eigenvalue weighted by atomic mass is 9.95. The maximum Gasteiger partial charge on any atom is 0.0928 e. The number of nitrogens with zero attached hydrogens (tertiary/aromatic N) is 2. The third kappa shape index (κ3) is 2.40. The van der Waals surface area contributed by atoms with Crippen LogP contribution in [0, 0.1) is 0 Å². The highest BCUT2D eigenvalue weighted by Gasteiger charge is 2.22. The number of nitrogen functional groups attached to an aromatic ring is 1. The number of hydrogen-bond acceptors (Lipinski definition) is 3. The molecule has 1 aromatic carbocycles. The molecule has 1 saturated carbocycles. The van der Waals surface area contributed by atoms with Gasteiger partial charge in [-0.1, -0.05) is 19.3 Å². The Hall–Kier alpha value is -1.55. The van der Waals surface area contributed by atoms with Gasteiger partial charge in [0.15, 0.2) is 0 Å². The van der Waals surface area contributed by atoms with Crippen LogP contribution in [0.3, 0.4) is 0 Å². The Morgan fingerprint density at radius 3 is 2.60 bits per heavy atom. The van der Waals surface area contributed by atoms with E-state index in [1.807, 2.05) is 12.1 Å². The van der Waals surface area contributed by atoms with Crippen LogP contribution >= 0.6 is 0 Å². The Morgan fingerprint density at radius 1 is 1.25 bits per heavy atom. The van der Waals surface area contributed by atoms with Crippen LogP contribution in [0.25, 0.3) is 10.9 Å². The molecular weight excluding hydrogens is 250 g/mol. The summed E-state index contributed by atoms with van der Waals surface area (Å²) in [6.07, 6.45) is 8.43. The molecule has 0 radical (unpaired) electrons. The predicted molar refractivity (Wildman–Crippen MR) is 81.5 cm³/mol. The summed E-state index contributed by atoms with van der Waals surface area (Å²) in [7, 11) is 0. The molecule has 0 amide bonds. The standard InChI is InChI=1S/C16H23N3O/c1-16(2,20)13-9-15-11(8-14(13)17)10-19(18-15)12-6-4-3-5-7-12/h8-10,12,20H,3-7,17H2,1-2H3. The number of aliphatic hydroxyl groups is 1. The second-order valence-electron chi connectivity index (χ2n) is 6.46. The number of aromatic nitrogens is 2. The molecule has 1 aromatic heterocycles. The van der Waals surface area contributed by atoms with Crippen molar-refractivity contribution in [2.45, 2.75) is 57.6 Å². The van der Waals surface area contributed by atoms with Crippen LogP contribution in [-0.4, -0.2) is 14.9 Å². The van der Waals surface area contributed by atoms with Crippen LogP contribution in [0.15, 0.2) is 18.3 Å². The van der Waals surface area contributed by atoms with E-state index in [9.17, 15) is 5.11 Å². The van der Waals surface area contributed by atoms with Crippen molar-refractivity contribution in [3.8, 4) is 0 Å². The summed E-state index contributed by atoms with van der Waals surface area (Å²) in [5.74, 6) is 0. The molecule has 0 aliphatic heterocycles. The zero-order chi connectivity index (χ0) is 14.3. The van der Waals surface area contributed by atoms with E-state index < -0.39 is 5.60 Å². The van der Waals surface area contributed by atoms with Crippen LogP contribution < -0.4 is 5.73 Å². The lowest BCUT2D eigenvalue weighted by Gasteiger charge is -2.21. The van der Waals surface area contributed by atoms with Crippen molar-refractivity contribution in [3.63, 3.8) is 0 Å². The van der Waals surface area contributed by atoms with E-state index in [0.29, 0.717) is 11.7 Å². The Balaban J connectivity index is 2.02. The van der Waals surface area contributed by atoms with Crippen molar-refractivity contribution in [2.75, 3.05) is 5.73 Å². The summed E-state index contributed by atoms with van der Waals surface area (Å²) in [6, 6.07) is 4.36. The molecule has 1 aliphatic rings. The molecule has 2 aromatic rings. The van der Waals surface area contributed by atoms with Gasteiger partial charge < -0.3 is 10.8 Å². The molecule has 3 rings (SSSR count). The first kappa shape index (κ1) is 13.4. The molecule has 0 unspecified atom stereocenters. The van der Waals surface area contributed by atoms with E-state index in [2.05, 4.69) is 10.9 Å². The monoisotopic (exact) mass is 273 g/mol. The highest BCUT2D eigenvalue weighted by molar-refractivity contribution is 5.83. The van der Waals surface area contributed by atoms with Gasteiger partial charge in [-0.3, -0.25) is 4.68 Å². The Morgan fingerprint density at radius 2 is 1.95 bits per heavy atom. The first-order valence-corrected chi connectivity index (χ1v) is 7.46. The summed E-state index contributed by atoms with van der Waals surface area (Å²) in [5.41, 5.74) is 7.43. The van der Waals surface area contributed by atoms with E-state index in [1.54, 1.807) is 13.8 Å². The lowest BCUT2D eigenvalue weighted by Crippen LogP contribution is -2.17. The molecule has 4 nitrogen and oxygen atoms in total. The fraction of sp³-hybridized carbons (Fsp3) is 0.562. The van der Waals surface area contributed by atoms with Gasteiger partial charge in [0.25, 0.3) is 0 Å². The highest BCUT2D eigenvalue weighted by atomic mass is 16.3. The lowest BCUT2D eigenvalue weighted by molar-refractivity contribution is 0.0795. The molecule has 0 saturated heterocycles. The quantitative estimate of drug-likeness (QED) is 0.825. The first-order valence-electron chi connectivity index (χ1n) is 7.46. The minimum absolute atomic E-state index is 0.517. The van der Waals surface area contributed by atoms with Crippen molar-refractivity contribution in [1.29, 1.82) is 0 Å². The molecule has 4 heteroatoms. The van der Waals surface area contributed by atoms with Crippen LogP contribution in [-0.2, 0) is 5.60 Å². The molecule has 1 fully saturated rings. The van der Waals surface area contributed by atoms with Crippen LogP contribution in [0.4, 0.5) is 5.69 Å². The average Bonchev–Trinajstić information content (AvgIpc) is 2.80. The minimum atomic E-state index is -0.938. The van der Waals surface area contributed by atoms with E-state index in [1.165, 1.54) is 32.1 Å². The Labute approximate surface area is 119 Å². The Bertz CT molecular complexity index is 618. The van der Waals surface area contributed by atoms with E-state index in [0.717, 1.165) is 16.5 Å². The fourth-order valence-corrected chi connectivity index (χ4v) is 3.17. The summed E-state index contributed by atoms with van der Waals surface area (Å²) < 4.78 is 2.09. The van der Waals surface area contributed by atoms with Crippen molar-refractivity contribution in [1.82, 2.24) is 9.78 Å². The van der Waals surface area contributed by atoms with Gasteiger partial charge in [0, 0.05) is 22.8 Å². The van der Waals surface area contributed by atoms with E-state index in [-0.39, 0.29) is 0 Å². The molecule has 1 heterocycles. The van der Waals surface area contributed by atoms with Gasteiger partial charge in [-0.25, -0.2) is 0 Å². The van der Waals surface area contributed by atoms with Crippen molar-refractivity contribution in [2.24, 2.45) is 0 Å². The molecule has 0 atom stereocenters. The minimum Gasteiger partial charge on any atom is -0.398 e. The van der Waals surface area contributed by atoms with Crippen LogP contribution in [0.5, 0.6) is 0 Å². The predicted octanol–water partition coefficient (Wildman–Crippen LogP) is 3.35. The Kier molecular flexibility index (Phi) is 3.21. The van der Waals surface area contributed by atoms with Gasteiger partial charge in [0.1, 0.15) is 0 Å². The van der Waals surface area contributed by atoms with Gasteiger partial charge in [-0.05, 0) is 38.8 Å². The smallest absolute Gasteiger partial charge is 0.0928 e. The highest BCUT2D eigenvalue weighted by Crippen LogP contribution is 2.32.